The number of carbonyl (C=O) groups excluding carboxylic acids is 2. The Labute approximate surface area is 142 Å². The van der Waals surface area contributed by atoms with E-state index in [4.69, 9.17) is 18.9 Å². The highest BCUT2D eigenvalue weighted by molar-refractivity contribution is 5.95. The lowest BCUT2D eigenvalue weighted by molar-refractivity contribution is -0.164. The van der Waals surface area contributed by atoms with E-state index in [0.717, 1.165) is 5.56 Å². The third-order valence-corrected chi connectivity index (χ3v) is 4.17. The average molecular weight is 336 g/mol. The van der Waals surface area contributed by atoms with Crippen molar-refractivity contribution in [2.45, 2.75) is 19.8 Å². The smallest absolute Gasteiger partial charge is 0.320 e. The molecule has 0 amide bonds. The fourth-order valence-electron chi connectivity index (χ4n) is 3.10. The van der Waals surface area contributed by atoms with Crippen molar-refractivity contribution in [2.75, 3.05) is 33.5 Å². The number of carbonyl (C=O) groups is 2. The van der Waals surface area contributed by atoms with Crippen LogP contribution in [-0.4, -0.2) is 45.5 Å². The predicted octanol–water partition coefficient (Wildman–Crippen LogP) is 2.17. The summed E-state index contributed by atoms with van der Waals surface area (Å²) in [7, 11) is 1.60. The quantitative estimate of drug-likeness (QED) is 0.561. The van der Waals surface area contributed by atoms with Gasteiger partial charge in [-0.2, -0.15) is 0 Å². The van der Waals surface area contributed by atoms with Gasteiger partial charge in [-0.1, -0.05) is 18.2 Å². The maximum absolute atomic E-state index is 12.4. The van der Waals surface area contributed by atoms with Crippen LogP contribution in [0, 0.1) is 11.8 Å². The molecule has 1 aliphatic heterocycles. The highest BCUT2D eigenvalue weighted by Crippen LogP contribution is 2.40. The van der Waals surface area contributed by atoms with Crippen molar-refractivity contribution in [3.8, 4) is 5.75 Å². The number of hydrogen-bond acceptors (Lipinski definition) is 6. The van der Waals surface area contributed by atoms with Crippen LogP contribution in [0.5, 0.6) is 5.75 Å². The van der Waals surface area contributed by atoms with Gasteiger partial charge < -0.3 is 18.9 Å². The first-order valence-electron chi connectivity index (χ1n) is 8.17. The predicted molar refractivity (Wildman–Crippen MR) is 86.8 cm³/mol. The molecule has 24 heavy (non-hydrogen) atoms. The molecule has 1 saturated heterocycles. The number of esters is 2. The first kappa shape index (κ1) is 18.3. The van der Waals surface area contributed by atoms with Gasteiger partial charge in [0.25, 0.3) is 0 Å². The second-order valence-corrected chi connectivity index (χ2v) is 5.53. The van der Waals surface area contributed by atoms with E-state index in [1.807, 2.05) is 24.3 Å². The van der Waals surface area contributed by atoms with Crippen molar-refractivity contribution in [2.24, 2.45) is 11.8 Å². The first-order valence-corrected chi connectivity index (χ1v) is 8.17. The summed E-state index contributed by atoms with van der Waals surface area (Å²) in [5.74, 6) is -1.90. The van der Waals surface area contributed by atoms with E-state index < -0.39 is 17.9 Å². The Morgan fingerprint density at radius 1 is 1.12 bits per heavy atom. The molecule has 1 aromatic carbocycles. The Morgan fingerprint density at radius 2 is 1.75 bits per heavy atom. The summed E-state index contributed by atoms with van der Waals surface area (Å²) in [5.41, 5.74) is 0.918. The van der Waals surface area contributed by atoms with Gasteiger partial charge in [0.2, 0.25) is 0 Å². The van der Waals surface area contributed by atoms with Gasteiger partial charge in [-0.15, -0.1) is 0 Å². The third-order valence-electron chi connectivity index (χ3n) is 4.17. The van der Waals surface area contributed by atoms with Crippen molar-refractivity contribution in [3.05, 3.63) is 29.8 Å². The van der Waals surface area contributed by atoms with Crippen LogP contribution in [0.25, 0.3) is 0 Å². The Balaban J connectivity index is 2.33. The lowest BCUT2D eigenvalue weighted by Gasteiger charge is -2.25. The van der Waals surface area contributed by atoms with E-state index >= 15 is 0 Å². The Kier molecular flexibility index (Phi) is 6.61. The first-order chi connectivity index (χ1) is 11.6. The normalized spacial score (nSPS) is 20.0. The monoisotopic (exact) mass is 336 g/mol. The molecule has 132 valence electrons. The van der Waals surface area contributed by atoms with Crippen LogP contribution in [0.15, 0.2) is 24.3 Å². The fourth-order valence-corrected chi connectivity index (χ4v) is 3.10. The number of methoxy groups -OCH3 is 1. The molecule has 0 bridgehead atoms. The van der Waals surface area contributed by atoms with E-state index in [0.29, 0.717) is 19.0 Å². The Bertz CT molecular complexity index is 552. The van der Waals surface area contributed by atoms with Gasteiger partial charge >= 0.3 is 11.9 Å². The maximum atomic E-state index is 12.4. The van der Waals surface area contributed by atoms with Crippen molar-refractivity contribution < 1.29 is 28.5 Å². The Morgan fingerprint density at radius 3 is 2.33 bits per heavy atom. The van der Waals surface area contributed by atoms with Gasteiger partial charge in [0.05, 0.1) is 33.5 Å². The van der Waals surface area contributed by atoms with E-state index in [-0.39, 0.29) is 25.0 Å². The van der Waals surface area contributed by atoms with Gasteiger partial charge in [-0.05, 0) is 25.5 Å². The molecule has 0 unspecified atom stereocenters. The zero-order valence-electron chi connectivity index (χ0n) is 14.3. The zero-order valence-corrected chi connectivity index (χ0v) is 14.3. The van der Waals surface area contributed by atoms with Crippen LogP contribution in [0.1, 0.15) is 25.3 Å². The van der Waals surface area contributed by atoms with Crippen LogP contribution in [0.4, 0.5) is 0 Å². The van der Waals surface area contributed by atoms with Crippen LogP contribution in [0.3, 0.4) is 0 Å². The minimum atomic E-state index is -0.998. The molecular formula is C18H24O6. The minimum absolute atomic E-state index is 0.139. The molecule has 0 spiro atoms. The number of benzene rings is 1. The number of ether oxygens (including phenoxy) is 4. The van der Waals surface area contributed by atoms with Crippen molar-refractivity contribution in [3.63, 3.8) is 0 Å². The largest absolute Gasteiger partial charge is 0.496 e. The second kappa shape index (κ2) is 8.68. The molecule has 1 fully saturated rings. The van der Waals surface area contributed by atoms with Crippen molar-refractivity contribution >= 4 is 11.9 Å². The maximum Gasteiger partial charge on any atom is 0.320 e. The molecule has 6 nitrogen and oxygen atoms in total. The van der Waals surface area contributed by atoms with E-state index in [2.05, 4.69) is 0 Å². The van der Waals surface area contributed by atoms with Crippen LogP contribution in [0.2, 0.25) is 0 Å². The standard InChI is InChI=1S/C18H24O6/c1-4-23-17(19)16(18(20)24-5-2)14-11-22-10-13(14)12-8-6-7-9-15(12)21-3/h6-9,13-14,16H,4-5,10-11H2,1-3H3/t13-,14+/m1/s1. The Hall–Kier alpha value is -2.08. The van der Waals surface area contributed by atoms with Gasteiger partial charge in [0.1, 0.15) is 5.75 Å². The molecule has 2 atom stereocenters. The fraction of sp³-hybridized carbons (Fsp3) is 0.556. The zero-order chi connectivity index (χ0) is 17.5. The molecule has 0 saturated carbocycles. The van der Waals surface area contributed by atoms with Crippen molar-refractivity contribution in [1.82, 2.24) is 0 Å². The second-order valence-electron chi connectivity index (χ2n) is 5.53. The summed E-state index contributed by atoms with van der Waals surface area (Å²) in [6.45, 7) is 4.56. The minimum Gasteiger partial charge on any atom is -0.496 e. The summed E-state index contributed by atoms with van der Waals surface area (Å²) in [4.78, 5) is 24.7. The SMILES string of the molecule is CCOC(=O)C(C(=O)OCC)[C@H]1COC[C@@H]1c1ccccc1OC. The summed E-state index contributed by atoms with van der Waals surface area (Å²) < 4.78 is 21.2. The molecule has 0 aliphatic carbocycles. The molecule has 0 radical (unpaired) electrons. The van der Waals surface area contributed by atoms with E-state index in [1.165, 1.54) is 0 Å². The summed E-state index contributed by atoms with van der Waals surface area (Å²) in [5, 5.41) is 0. The van der Waals surface area contributed by atoms with E-state index in [9.17, 15) is 9.59 Å². The average Bonchev–Trinajstić information content (AvgIpc) is 3.04. The third kappa shape index (κ3) is 3.87. The highest BCUT2D eigenvalue weighted by Gasteiger charge is 2.45. The number of rotatable bonds is 7. The lowest BCUT2D eigenvalue weighted by Crippen LogP contribution is -2.37. The highest BCUT2D eigenvalue weighted by atomic mass is 16.6. The summed E-state index contributed by atoms with van der Waals surface area (Å²) in [6, 6.07) is 7.56. The molecular weight excluding hydrogens is 312 g/mol. The molecule has 1 heterocycles. The summed E-state index contributed by atoms with van der Waals surface area (Å²) in [6.07, 6.45) is 0. The molecule has 0 N–H and O–H groups in total. The molecule has 1 aromatic rings. The van der Waals surface area contributed by atoms with E-state index in [1.54, 1.807) is 21.0 Å². The van der Waals surface area contributed by atoms with Gasteiger partial charge in [-0.25, -0.2) is 0 Å². The van der Waals surface area contributed by atoms with Crippen molar-refractivity contribution in [1.29, 1.82) is 0 Å². The van der Waals surface area contributed by atoms with Gasteiger partial charge in [0.15, 0.2) is 5.92 Å². The molecule has 2 rings (SSSR count). The van der Waals surface area contributed by atoms with Gasteiger partial charge in [0, 0.05) is 11.8 Å². The number of para-hydroxylation sites is 1. The van der Waals surface area contributed by atoms with Gasteiger partial charge in [-0.3, -0.25) is 9.59 Å². The molecule has 0 aromatic heterocycles. The lowest BCUT2D eigenvalue weighted by atomic mass is 9.79. The molecule has 1 aliphatic rings. The van der Waals surface area contributed by atoms with Crippen LogP contribution >= 0.6 is 0 Å². The summed E-state index contributed by atoms with van der Waals surface area (Å²) >= 11 is 0. The molecule has 6 heteroatoms. The topological polar surface area (TPSA) is 71.1 Å². The van der Waals surface area contributed by atoms with Crippen LogP contribution < -0.4 is 4.74 Å². The van der Waals surface area contributed by atoms with Crippen LogP contribution in [-0.2, 0) is 23.8 Å². The number of hydrogen-bond donors (Lipinski definition) is 0.